The van der Waals surface area contributed by atoms with Gasteiger partial charge in [0.1, 0.15) is 0 Å². The van der Waals surface area contributed by atoms with E-state index in [1.54, 1.807) is 0 Å². The van der Waals surface area contributed by atoms with Crippen LogP contribution in [0, 0.1) is 0 Å². The summed E-state index contributed by atoms with van der Waals surface area (Å²) in [5.41, 5.74) is 4.45. The van der Waals surface area contributed by atoms with Crippen LogP contribution in [0.2, 0.25) is 0 Å². The fourth-order valence-electron chi connectivity index (χ4n) is 13.4. The Labute approximate surface area is 765 Å². The van der Waals surface area contributed by atoms with Crippen molar-refractivity contribution in [1.82, 2.24) is 46.2 Å². The van der Waals surface area contributed by atoms with Crippen molar-refractivity contribution in [3.8, 4) is 0 Å². The zero-order valence-corrected chi connectivity index (χ0v) is 78.3. The smallest absolute Gasteiger partial charge is 0.381 e. The molecule has 0 atom stereocenters. The van der Waals surface area contributed by atoms with E-state index in [4.69, 9.17) is 85.1 Å². The van der Waals surface area contributed by atoms with Gasteiger partial charge < -0.3 is 44.8 Å². The fourth-order valence-corrected chi connectivity index (χ4v) is 38.7. The molecule has 12 nitrogen and oxygen atoms in total. The summed E-state index contributed by atoms with van der Waals surface area (Å²) in [6, 6.07) is 107. The summed E-state index contributed by atoms with van der Waals surface area (Å²) in [5, 5.41) is 52.8. The van der Waals surface area contributed by atoms with Crippen molar-refractivity contribution in [3.63, 3.8) is 0 Å². The predicted molar refractivity (Wildman–Crippen MR) is 503 cm³/mol. The van der Waals surface area contributed by atoms with Gasteiger partial charge in [-0.2, -0.15) is 0 Å². The Balaban J connectivity index is 0.000000155. The zero-order valence-electron chi connectivity index (χ0n) is 63.8. The molecule has 15 aromatic rings. The van der Waals surface area contributed by atoms with E-state index in [0.29, 0.717) is 0 Å². The molecule has 0 N–H and O–H groups in total. The Morgan fingerprint density at radius 1 is 0.198 bits per heavy atom. The van der Waals surface area contributed by atoms with E-state index < -0.39 is 36.2 Å². The normalized spacial score (nSPS) is 13.2. The standard InChI is InChI=1S/3C26H20N3P2S2.3C4H8O.Co.K/c3*32-30(21-13-5-1-6-14-21,22-15-7-2-8-16-22)25-26(28-29-27-25)31(33,23-17-9-3-10-18-23)24-19-11-4-12-20-24;3*1-2-4-5-3-1;;/h3*1-20H;3*1-4H2;;/q3*-1;;;;+2;+1. The monoisotopic (exact) mass is 1810 g/mol. The number of hydrogen-bond donors (Lipinski definition) is 0. The van der Waals surface area contributed by atoms with Gasteiger partial charge in [0.05, 0.1) is 0 Å². The van der Waals surface area contributed by atoms with Crippen LogP contribution in [0.1, 0.15) is 38.5 Å². The Kier molecular flexibility index (Phi) is 35.2. The molecule has 0 bridgehead atoms. The summed E-state index contributed by atoms with van der Waals surface area (Å²) in [6.45, 7) is 6.00. The van der Waals surface area contributed by atoms with Crippen LogP contribution in [-0.4, -0.2) is 70.6 Å². The maximum Gasteiger partial charge on any atom is 2.00 e. The van der Waals surface area contributed by atoms with E-state index in [9.17, 15) is 0 Å². The second-order valence-corrected chi connectivity index (χ2v) is 52.4. The number of ether oxygens (including phenoxy) is 3. The second kappa shape index (κ2) is 45.0. The van der Waals surface area contributed by atoms with E-state index >= 15 is 0 Å². The third kappa shape index (κ3) is 20.9. The summed E-state index contributed by atoms with van der Waals surface area (Å²) in [4.78, 5) is 0. The molecule has 3 saturated heterocycles. The van der Waals surface area contributed by atoms with Gasteiger partial charge in [0.2, 0.25) is 0 Å². The Morgan fingerprint density at radius 3 is 0.431 bits per heavy atom. The number of hydrogen-bond acceptors (Lipinski definition) is 15. The van der Waals surface area contributed by atoms with Gasteiger partial charge in [-0.1, -0.05) is 435 Å². The molecule has 26 heteroatoms. The van der Waals surface area contributed by atoms with E-state index in [1.807, 2.05) is 218 Å². The van der Waals surface area contributed by atoms with E-state index in [0.717, 1.165) is 136 Å². The molecule has 3 aliphatic heterocycles. The van der Waals surface area contributed by atoms with Gasteiger partial charge in [-0.15, -0.1) is 0 Å². The minimum Gasteiger partial charge on any atom is -0.381 e. The first-order chi connectivity index (χ1) is 55.9. The summed E-state index contributed by atoms with van der Waals surface area (Å²) in [6.07, 6.45) is 7.67. The fraction of sp³-hybridized carbons (Fsp3) is 0.133. The van der Waals surface area contributed by atoms with Crippen molar-refractivity contribution in [2.24, 2.45) is 0 Å². The minimum absolute atomic E-state index is 0. The molecule has 18 rings (SSSR count). The molecule has 0 unspecified atom stereocenters. The number of aromatic nitrogens is 9. The predicted octanol–water partition coefficient (Wildman–Crippen LogP) is 8.23. The van der Waals surface area contributed by atoms with Gasteiger partial charge >= 0.3 is 68.2 Å². The average Bonchev–Trinajstić information content (AvgIpc) is 1.59. The molecule has 3 fully saturated rings. The maximum atomic E-state index is 6.55. The molecular formula is C90H84CoKN9O3P6S6. The van der Waals surface area contributed by atoms with Crippen LogP contribution in [0.3, 0.4) is 0 Å². The molecule has 3 aromatic heterocycles. The van der Waals surface area contributed by atoms with Gasteiger partial charge in [-0.25, -0.2) is 0 Å². The number of rotatable bonds is 18. The second-order valence-electron chi connectivity index (χ2n) is 26.5. The molecule has 3 aliphatic rings. The third-order valence-electron chi connectivity index (χ3n) is 19.1. The number of nitrogens with zero attached hydrogens (tertiary/aromatic N) is 9. The largest absolute Gasteiger partial charge is 2.00 e. The summed E-state index contributed by atoms with van der Waals surface area (Å²) in [7, 11) is 0. The number of benzene rings is 12. The summed E-state index contributed by atoms with van der Waals surface area (Å²) in [5.74, 6) is 0. The van der Waals surface area contributed by atoms with Crippen molar-refractivity contribution < 1.29 is 82.4 Å². The molecule has 0 aliphatic carbocycles. The van der Waals surface area contributed by atoms with Crippen LogP contribution in [0.4, 0.5) is 0 Å². The first-order valence-corrected chi connectivity index (χ1v) is 54.4. The van der Waals surface area contributed by atoms with Crippen LogP contribution in [0.5, 0.6) is 0 Å². The Hall–Kier alpha value is -6.02. The quantitative estimate of drug-likeness (QED) is 0.0600. The van der Waals surface area contributed by atoms with Crippen LogP contribution in [-0.2, 0) is 102 Å². The molecule has 583 valence electrons. The van der Waals surface area contributed by atoms with E-state index in [-0.39, 0.29) is 68.2 Å². The minimum atomic E-state index is -2.55. The van der Waals surface area contributed by atoms with Crippen molar-refractivity contribution in [2.45, 2.75) is 38.5 Å². The molecular weight excluding hydrogens is 1730 g/mol. The molecule has 12 aromatic carbocycles. The average molecular weight is 1820 g/mol. The Bertz CT molecular complexity index is 4590. The SMILES string of the molecule is C1CCOC1.C1CCOC1.C1CCOC1.S=P(c1ccccc1)(c1ccccc1)c1nn[n-]c1P(=S)(c1ccccc1)c1ccccc1.S=P(c1ccccc1)(c1ccccc1)c1nn[n-]c1P(=S)(c1ccccc1)c1ccccc1.S=P(c1ccccc1)(c1ccccc1)c1nn[n-]c1P(=S)(c1ccccc1)c1ccccc1.[Co+2].[K+]. The van der Waals surface area contributed by atoms with Crippen molar-refractivity contribution in [3.05, 3.63) is 364 Å². The van der Waals surface area contributed by atoms with Crippen molar-refractivity contribution in [2.75, 3.05) is 39.6 Å². The summed E-state index contributed by atoms with van der Waals surface area (Å²) >= 11 is 39.3. The van der Waals surface area contributed by atoms with Crippen LogP contribution in [0.25, 0.3) is 0 Å². The molecule has 1 radical (unpaired) electrons. The molecule has 116 heavy (non-hydrogen) atoms. The third-order valence-corrected chi connectivity index (χ3v) is 48.1. The van der Waals surface area contributed by atoms with Gasteiger partial charge in [0.25, 0.3) is 0 Å². The van der Waals surface area contributed by atoms with Gasteiger partial charge in [-0.05, 0) is 102 Å². The van der Waals surface area contributed by atoms with Crippen molar-refractivity contribution in [1.29, 1.82) is 0 Å². The van der Waals surface area contributed by atoms with Crippen LogP contribution >= 0.6 is 36.2 Å². The first-order valence-electron chi connectivity index (χ1n) is 37.6. The van der Waals surface area contributed by atoms with Crippen LogP contribution < -0.4 is 163 Å². The van der Waals surface area contributed by atoms with Gasteiger partial charge in [0, 0.05) is 108 Å². The van der Waals surface area contributed by atoms with Gasteiger partial charge in [-0.3, -0.25) is 15.6 Å². The summed E-state index contributed by atoms with van der Waals surface area (Å²) < 4.78 is 14.8. The topological polar surface area (TPSA) is 147 Å². The molecule has 6 heterocycles. The maximum absolute atomic E-state index is 6.55. The van der Waals surface area contributed by atoms with E-state index in [2.05, 4.69) is 192 Å². The van der Waals surface area contributed by atoms with Gasteiger partial charge in [0.15, 0.2) is 0 Å². The first kappa shape index (κ1) is 90.7. The molecule has 0 spiro atoms. The van der Waals surface area contributed by atoms with Crippen LogP contribution in [0.15, 0.2) is 364 Å². The molecule has 0 amide bonds. The zero-order chi connectivity index (χ0) is 78.8. The van der Waals surface area contributed by atoms with Crippen molar-refractivity contribution >= 4 is 203 Å². The Morgan fingerprint density at radius 2 is 0.319 bits per heavy atom. The molecule has 0 saturated carbocycles. The van der Waals surface area contributed by atoms with E-state index in [1.165, 1.54) is 38.5 Å².